The Bertz CT molecular complexity index is 766. The number of methoxy groups -OCH3 is 1. The smallest absolute Gasteiger partial charge is 0.178 e. The van der Waals surface area contributed by atoms with Crippen LogP contribution in [0.1, 0.15) is 31.9 Å². The van der Waals surface area contributed by atoms with Gasteiger partial charge in [-0.1, -0.05) is 37.3 Å². The van der Waals surface area contributed by atoms with E-state index in [4.69, 9.17) is 25.8 Å². The van der Waals surface area contributed by atoms with Crippen molar-refractivity contribution in [2.45, 2.75) is 51.3 Å². The van der Waals surface area contributed by atoms with Crippen LogP contribution in [-0.2, 0) is 17.6 Å². The second-order valence-corrected chi connectivity index (χ2v) is 8.63. The van der Waals surface area contributed by atoms with E-state index in [0.717, 1.165) is 24.3 Å². The molecule has 4 atom stereocenters. The van der Waals surface area contributed by atoms with Crippen LogP contribution in [0.4, 0.5) is 0 Å². The Balaban J connectivity index is 2.06. The highest BCUT2D eigenvalue weighted by molar-refractivity contribution is 6.20. The van der Waals surface area contributed by atoms with Crippen molar-refractivity contribution in [2.24, 2.45) is 5.92 Å². The highest BCUT2D eigenvalue weighted by atomic mass is 35.5. The van der Waals surface area contributed by atoms with E-state index in [1.54, 1.807) is 7.11 Å². The Morgan fingerprint density at radius 3 is 2.40 bits per heavy atom. The quantitative estimate of drug-likeness (QED) is 0.323. The molecule has 3 unspecified atom stereocenters. The molecule has 2 rings (SSSR count). The lowest BCUT2D eigenvalue weighted by atomic mass is 10.0. The standard InChI is InChI=1S/C25H35ClNO3/c1-18(19(2)26)17-29-20(3)25(27(4)5)30-24-13-8-7-11-22(24)15-14-21-10-9-12-23(16-21)28-6/h7-13,16-20,25H,14-15H2,1-6H3/t18?,19?,20?,25-/m0/s1. The molecule has 165 valence electrons. The van der Waals surface area contributed by atoms with Crippen LogP contribution in [0.5, 0.6) is 11.5 Å². The Morgan fingerprint density at radius 2 is 1.73 bits per heavy atom. The molecule has 0 heterocycles. The van der Waals surface area contributed by atoms with E-state index in [0.29, 0.717) is 0 Å². The molecule has 0 amide bonds. The normalized spacial score (nSPS) is 15.5. The zero-order valence-electron chi connectivity index (χ0n) is 19.0. The number of alkyl halides is 1. The van der Waals surface area contributed by atoms with Crippen molar-refractivity contribution in [3.8, 4) is 11.5 Å². The summed E-state index contributed by atoms with van der Waals surface area (Å²) in [6.07, 6.45) is 1.42. The number of hydrogen-bond donors (Lipinski definition) is 0. The van der Waals surface area contributed by atoms with E-state index in [1.807, 2.05) is 70.6 Å². The van der Waals surface area contributed by atoms with Gasteiger partial charge in [-0.15, -0.1) is 11.6 Å². The number of rotatable bonds is 12. The largest absolute Gasteiger partial charge is 0.497 e. The number of likely N-dealkylation sites (N-methyl/N-ethyl adjacent to an activating group) is 1. The molecule has 0 spiro atoms. The first-order valence-electron chi connectivity index (χ1n) is 10.5. The van der Waals surface area contributed by atoms with Crippen LogP contribution >= 0.6 is 11.6 Å². The molecule has 0 aliphatic carbocycles. The van der Waals surface area contributed by atoms with Crippen molar-refractivity contribution in [1.29, 1.82) is 0 Å². The molecule has 0 saturated carbocycles. The van der Waals surface area contributed by atoms with E-state index in [2.05, 4.69) is 24.3 Å². The monoisotopic (exact) mass is 432 g/mol. The summed E-state index contributed by atoms with van der Waals surface area (Å²) in [5, 5.41) is 0.0215. The molecule has 2 aromatic carbocycles. The lowest BCUT2D eigenvalue weighted by molar-refractivity contribution is -0.0590. The number of nitrogens with zero attached hydrogens (tertiary/aromatic N) is 1. The third-order valence-electron chi connectivity index (χ3n) is 5.18. The molecule has 0 saturated heterocycles. The average molecular weight is 433 g/mol. The second kappa shape index (κ2) is 12.2. The van der Waals surface area contributed by atoms with Crippen molar-refractivity contribution in [3.05, 3.63) is 66.3 Å². The highest BCUT2D eigenvalue weighted by Gasteiger charge is 2.24. The molecule has 30 heavy (non-hydrogen) atoms. The fraction of sp³-hybridized carbons (Fsp3) is 0.480. The van der Waals surface area contributed by atoms with E-state index in [9.17, 15) is 0 Å². The Morgan fingerprint density at radius 1 is 1.00 bits per heavy atom. The van der Waals surface area contributed by atoms with Gasteiger partial charge in [-0.3, -0.25) is 4.90 Å². The van der Waals surface area contributed by atoms with E-state index >= 15 is 0 Å². The molecule has 0 bridgehead atoms. The molecular formula is C25H35ClNO3. The van der Waals surface area contributed by atoms with Gasteiger partial charge in [0.2, 0.25) is 0 Å². The van der Waals surface area contributed by atoms with Gasteiger partial charge in [-0.25, -0.2) is 0 Å². The second-order valence-electron chi connectivity index (χ2n) is 7.95. The molecule has 2 aromatic rings. The molecule has 0 N–H and O–H groups in total. The van der Waals surface area contributed by atoms with Crippen LogP contribution in [0.2, 0.25) is 0 Å². The molecular weight excluding hydrogens is 398 g/mol. The number of aryl methyl sites for hydroxylation is 2. The summed E-state index contributed by atoms with van der Waals surface area (Å²) in [6.45, 7) is 7.85. The molecule has 4 nitrogen and oxygen atoms in total. The summed E-state index contributed by atoms with van der Waals surface area (Å²) in [7, 11) is 5.69. The number of benzene rings is 2. The van der Waals surface area contributed by atoms with Gasteiger partial charge >= 0.3 is 0 Å². The van der Waals surface area contributed by atoms with Crippen molar-refractivity contribution in [3.63, 3.8) is 0 Å². The van der Waals surface area contributed by atoms with Crippen LogP contribution in [0.25, 0.3) is 0 Å². The minimum absolute atomic E-state index is 0.0215. The summed E-state index contributed by atoms with van der Waals surface area (Å²) < 4.78 is 17.7. The first kappa shape index (κ1) is 24.5. The Labute approximate surface area is 187 Å². The van der Waals surface area contributed by atoms with Gasteiger partial charge in [0.05, 0.1) is 13.7 Å². The molecule has 1 radical (unpaired) electrons. The molecule has 0 aliphatic heterocycles. The van der Waals surface area contributed by atoms with Crippen LogP contribution in [-0.4, -0.2) is 43.8 Å². The minimum atomic E-state index is -0.225. The van der Waals surface area contributed by atoms with Crippen LogP contribution in [0, 0.1) is 12.5 Å². The van der Waals surface area contributed by atoms with Gasteiger partial charge < -0.3 is 14.2 Å². The maximum Gasteiger partial charge on any atom is 0.178 e. The third kappa shape index (κ3) is 7.50. The first-order chi connectivity index (χ1) is 14.3. The average Bonchev–Trinajstić information content (AvgIpc) is 2.74. The summed E-state index contributed by atoms with van der Waals surface area (Å²) in [5.41, 5.74) is 2.41. The van der Waals surface area contributed by atoms with E-state index in [-0.39, 0.29) is 23.6 Å². The van der Waals surface area contributed by atoms with Crippen molar-refractivity contribution >= 4 is 11.6 Å². The zero-order chi connectivity index (χ0) is 22.1. The number of hydrogen-bond acceptors (Lipinski definition) is 4. The van der Waals surface area contributed by atoms with Crippen LogP contribution in [0.15, 0.2) is 48.5 Å². The molecule has 5 heteroatoms. The SMILES string of the molecule is COc1cccc(CCc2ccccc2O[C@@H](C(C)O[CH]C(C)C(C)Cl)N(C)C)c1. The minimum Gasteiger partial charge on any atom is -0.497 e. The van der Waals surface area contributed by atoms with Crippen molar-refractivity contribution < 1.29 is 14.2 Å². The van der Waals surface area contributed by atoms with E-state index in [1.165, 1.54) is 11.1 Å². The first-order valence-corrected chi connectivity index (χ1v) is 10.9. The van der Waals surface area contributed by atoms with Gasteiger partial charge in [0.25, 0.3) is 0 Å². The fourth-order valence-electron chi connectivity index (χ4n) is 3.11. The number of para-hydroxylation sites is 1. The maximum atomic E-state index is 6.42. The van der Waals surface area contributed by atoms with Crippen LogP contribution < -0.4 is 9.47 Å². The van der Waals surface area contributed by atoms with Crippen molar-refractivity contribution in [1.82, 2.24) is 4.90 Å². The maximum absolute atomic E-state index is 6.42. The molecule has 0 aliphatic rings. The Hall–Kier alpha value is -1.75. The summed E-state index contributed by atoms with van der Waals surface area (Å²) in [4.78, 5) is 2.03. The summed E-state index contributed by atoms with van der Waals surface area (Å²) in [6, 6.07) is 16.4. The number of ether oxygens (including phenoxy) is 3. The summed E-state index contributed by atoms with van der Waals surface area (Å²) >= 11 is 6.15. The predicted octanol–water partition coefficient (Wildman–Crippen LogP) is 5.58. The Kier molecular flexibility index (Phi) is 9.96. The third-order valence-corrected chi connectivity index (χ3v) is 5.58. The summed E-state index contributed by atoms with van der Waals surface area (Å²) in [5.74, 6) is 1.92. The predicted molar refractivity (Wildman–Crippen MR) is 124 cm³/mol. The van der Waals surface area contributed by atoms with Gasteiger partial charge in [0, 0.05) is 11.3 Å². The van der Waals surface area contributed by atoms with Gasteiger partial charge in [0.1, 0.15) is 17.6 Å². The van der Waals surface area contributed by atoms with Gasteiger partial charge in [-0.05, 0) is 70.1 Å². The van der Waals surface area contributed by atoms with Crippen LogP contribution in [0.3, 0.4) is 0 Å². The fourth-order valence-corrected chi connectivity index (χ4v) is 3.17. The van der Waals surface area contributed by atoms with Gasteiger partial charge in [0.15, 0.2) is 6.23 Å². The van der Waals surface area contributed by atoms with Gasteiger partial charge in [-0.2, -0.15) is 0 Å². The number of halogens is 1. The topological polar surface area (TPSA) is 30.9 Å². The zero-order valence-corrected chi connectivity index (χ0v) is 19.7. The highest BCUT2D eigenvalue weighted by Crippen LogP contribution is 2.25. The lowest BCUT2D eigenvalue weighted by Crippen LogP contribution is -2.43. The molecule has 0 aromatic heterocycles. The molecule has 0 fully saturated rings. The van der Waals surface area contributed by atoms with Crippen molar-refractivity contribution in [2.75, 3.05) is 21.2 Å². The van der Waals surface area contributed by atoms with E-state index < -0.39 is 0 Å². The lowest BCUT2D eigenvalue weighted by Gasteiger charge is -2.31.